The third-order valence-electron chi connectivity index (χ3n) is 0. The van der Waals surface area contributed by atoms with Crippen LogP contribution in [0.15, 0.2) is 0 Å². The summed E-state index contributed by atoms with van der Waals surface area (Å²) in [5, 5.41) is 0. The summed E-state index contributed by atoms with van der Waals surface area (Å²) in [6.07, 6.45) is 0. The van der Waals surface area contributed by atoms with Crippen molar-refractivity contribution in [1.82, 2.24) is 0 Å². The SMILES string of the molecule is [Cu].[O-][Cl+3]([O-])([O-])[O-].[O-][Cl+3]([O-])([O-])[O-]. The van der Waals surface area contributed by atoms with Gasteiger partial charge in [-0.25, -0.2) is 37.3 Å². The number of hydrogen-bond donors (Lipinski definition) is 0. The van der Waals surface area contributed by atoms with Crippen LogP contribution in [-0.2, 0) is 17.1 Å². The van der Waals surface area contributed by atoms with Crippen molar-refractivity contribution in [1.29, 1.82) is 0 Å². The molecule has 0 spiro atoms. The summed E-state index contributed by atoms with van der Waals surface area (Å²) in [5.74, 6) is 0. The van der Waals surface area contributed by atoms with Crippen LogP contribution in [0, 0.1) is 20.5 Å². The van der Waals surface area contributed by atoms with Gasteiger partial charge in [-0.15, -0.1) is 20.5 Å². The molecule has 0 amide bonds. The van der Waals surface area contributed by atoms with E-state index < -0.39 is 20.5 Å². The average Bonchev–Trinajstić information content (AvgIpc) is 1.12. The van der Waals surface area contributed by atoms with E-state index in [4.69, 9.17) is 37.3 Å². The summed E-state index contributed by atoms with van der Waals surface area (Å²) in [5.41, 5.74) is 0. The average molecular weight is 262 g/mol. The predicted octanol–water partition coefficient (Wildman–Crippen LogP) is -9.51. The predicted molar refractivity (Wildman–Crippen MR) is 0 cm³/mol. The summed E-state index contributed by atoms with van der Waals surface area (Å²) in [6, 6.07) is 0. The molecule has 0 aliphatic heterocycles. The van der Waals surface area contributed by atoms with Crippen LogP contribution in [0.2, 0.25) is 0 Å². The van der Waals surface area contributed by atoms with E-state index in [0.29, 0.717) is 0 Å². The van der Waals surface area contributed by atoms with Gasteiger partial charge in [-0.05, 0) is 0 Å². The Morgan fingerprint density at radius 1 is 0.455 bits per heavy atom. The van der Waals surface area contributed by atoms with E-state index in [0.717, 1.165) is 0 Å². The van der Waals surface area contributed by atoms with Gasteiger partial charge in [0, 0.05) is 17.1 Å². The van der Waals surface area contributed by atoms with E-state index in [1.54, 1.807) is 0 Å². The van der Waals surface area contributed by atoms with Gasteiger partial charge >= 0.3 is 0 Å². The maximum absolute atomic E-state index is 8.49. The Kier molecular flexibility index (Phi) is 10.2. The molecule has 11 heteroatoms. The maximum atomic E-state index is 8.49. The molecule has 0 rings (SSSR count). The Labute approximate surface area is 75.3 Å². The summed E-state index contributed by atoms with van der Waals surface area (Å²) in [6.45, 7) is 0. The molecule has 0 aromatic heterocycles. The zero-order valence-electron chi connectivity index (χ0n) is 4.32. The molecule has 8 nitrogen and oxygen atoms in total. The Morgan fingerprint density at radius 3 is 0.455 bits per heavy atom. The molecule has 0 atom stereocenters. The van der Waals surface area contributed by atoms with Gasteiger partial charge in [0.25, 0.3) is 0 Å². The van der Waals surface area contributed by atoms with Crippen molar-refractivity contribution in [2.24, 2.45) is 0 Å². The second kappa shape index (κ2) is 6.31. The van der Waals surface area contributed by atoms with Crippen molar-refractivity contribution >= 4 is 0 Å². The molecule has 0 fully saturated rings. The molecule has 0 heterocycles. The normalized spacial score (nSPS) is 10.9. The minimum Gasteiger partial charge on any atom is -0.222 e. The van der Waals surface area contributed by atoms with Gasteiger partial charge in [-0.1, -0.05) is 0 Å². The molecule has 1 radical (unpaired) electrons. The smallest absolute Gasteiger partial charge is 0 e. The number of halogens is 2. The largest absolute Gasteiger partial charge is 0.222 e. The molecule has 0 saturated carbocycles. The van der Waals surface area contributed by atoms with Gasteiger partial charge in [0.1, 0.15) is 0 Å². The molecule has 75 valence electrons. The van der Waals surface area contributed by atoms with Crippen LogP contribution in [0.1, 0.15) is 0 Å². The van der Waals surface area contributed by atoms with E-state index in [-0.39, 0.29) is 17.1 Å². The molecule has 0 aliphatic carbocycles. The zero-order chi connectivity index (χ0) is 9.00. The number of rotatable bonds is 0. The van der Waals surface area contributed by atoms with Crippen LogP contribution in [0.3, 0.4) is 0 Å². The Morgan fingerprint density at radius 2 is 0.455 bits per heavy atom. The summed E-state index contributed by atoms with van der Waals surface area (Å²) < 4.78 is 67.9. The summed E-state index contributed by atoms with van der Waals surface area (Å²) >= 11 is 0. The van der Waals surface area contributed by atoms with E-state index in [2.05, 4.69) is 0 Å². The molecule has 0 saturated heterocycles. The molecule has 0 aromatic rings. The second-order valence-corrected chi connectivity index (χ2v) is 2.27. The van der Waals surface area contributed by atoms with Crippen LogP contribution in [0.5, 0.6) is 0 Å². The first kappa shape index (κ1) is 17.8. The molecule has 0 aliphatic rings. The minimum absolute atomic E-state index is 0. The van der Waals surface area contributed by atoms with E-state index in [9.17, 15) is 0 Å². The quantitative estimate of drug-likeness (QED) is 0.385. The van der Waals surface area contributed by atoms with Crippen molar-refractivity contribution in [3.8, 4) is 0 Å². The summed E-state index contributed by atoms with van der Waals surface area (Å²) in [7, 11) is -9.89. The van der Waals surface area contributed by atoms with E-state index in [1.807, 2.05) is 0 Å². The molecule has 0 aromatic carbocycles. The number of hydrogen-bond acceptors (Lipinski definition) is 8. The molecule has 0 unspecified atom stereocenters. The Balaban J connectivity index is -0.000000107. The zero-order valence-corrected chi connectivity index (χ0v) is 6.78. The van der Waals surface area contributed by atoms with Crippen LogP contribution < -0.4 is 37.3 Å². The fourth-order valence-corrected chi connectivity index (χ4v) is 0. The van der Waals surface area contributed by atoms with Gasteiger partial charge in [0.05, 0.1) is 0 Å². The Bertz CT molecular complexity index is 55.1. The van der Waals surface area contributed by atoms with Crippen LogP contribution in [0.4, 0.5) is 0 Å². The van der Waals surface area contributed by atoms with Crippen molar-refractivity contribution in [3.05, 3.63) is 0 Å². The first-order valence-electron chi connectivity index (χ1n) is 1.23. The molecular formula is Cl2CuO8-2. The fourth-order valence-electron chi connectivity index (χ4n) is 0. The first-order chi connectivity index (χ1) is 4.00. The third-order valence-corrected chi connectivity index (χ3v) is 0. The van der Waals surface area contributed by atoms with Gasteiger partial charge in [0.2, 0.25) is 0 Å². The molecule has 11 heavy (non-hydrogen) atoms. The van der Waals surface area contributed by atoms with Gasteiger partial charge in [-0.2, -0.15) is 0 Å². The van der Waals surface area contributed by atoms with Crippen molar-refractivity contribution in [2.75, 3.05) is 0 Å². The van der Waals surface area contributed by atoms with Crippen molar-refractivity contribution in [3.63, 3.8) is 0 Å². The Hall–Kier alpha value is 0.779. The summed E-state index contributed by atoms with van der Waals surface area (Å²) in [4.78, 5) is 0. The minimum atomic E-state index is -4.94. The van der Waals surface area contributed by atoms with Crippen molar-refractivity contribution < 1.29 is 74.8 Å². The van der Waals surface area contributed by atoms with Crippen LogP contribution >= 0.6 is 0 Å². The maximum Gasteiger partial charge on any atom is 0 e. The molecular weight excluding hydrogens is 262 g/mol. The van der Waals surface area contributed by atoms with Gasteiger partial charge in [0.15, 0.2) is 0 Å². The van der Waals surface area contributed by atoms with E-state index in [1.165, 1.54) is 0 Å². The van der Waals surface area contributed by atoms with Gasteiger partial charge in [-0.3, -0.25) is 0 Å². The van der Waals surface area contributed by atoms with E-state index >= 15 is 0 Å². The topological polar surface area (TPSA) is 184 Å². The van der Waals surface area contributed by atoms with Crippen molar-refractivity contribution in [2.45, 2.75) is 0 Å². The fraction of sp³-hybridized carbons (Fsp3) is 0. The molecule has 0 bridgehead atoms. The second-order valence-electron chi connectivity index (χ2n) is 0.756. The van der Waals surface area contributed by atoms with Crippen LogP contribution in [-0.4, -0.2) is 0 Å². The van der Waals surface area contributed by atoms with Gasteiger partial charge < -0.3 is 0 Å². The standard InChI is InChI=1S/2ClHO4.Cu/c2*2-1(3,4)5;/h2*(H,2,3,4,5);/p-2. The first-order valence-corrected chi connectivity index (χ1v) is 3.70. The van der Waals surface area contributed by atoms with Crippen LogP contribution in [0.25, 0.3) is 0 Å². The monoisotopic (exact) mass is 261 g/mol. The third kappa shape index (κ3) is 1370. The molecule has 0 N–H and O–H groups in total.